The summed E-state index contributed by atoms with van der Waals surface area (Å²) in [5.41, 5.74) is 2.02. The van der Waals surface area contributed by atoms with Crippen LogP contribution in [0.4, 0.5) is 0 Å². The first-order valence-electron chi connectivity index (χ1n) is 11.1. The smallest absolute Gasteiger partial charge is 0.262 e. The largest absolute Gasteiger partial charge is 0.348 e. The SMILES string of the molecule is Cc1sc2ncn(CCC(=O)NC(CN3CCN(C)CC3)c3ccccc3)c(=O)c2c1C. The molecule has 0 saturated carbocycles. The highest BCUT2D eigenvalue weighted by Crippen LogP contribution is 2.25. The van der Waals surface area contributed by atoms with Gasteiger partial charge in [-0.25, -0.2) is 4.98 Å². The summed E-state index contributed by atoms with van der Waals surface area (Å²) >= 11 is 1.54. The van der Waals surface area contributed by atoms with Crippen molar-refractivity contribution in [1.29, 1.82) is 0 Å². The minimum atomic E-state index is -0.0776. The number of aryl methyl sites for hydroxylation is 3. The van der Waals surface area contributed by atoms with Gasteiger partial charge in [-0.05, 0) is 32.0 Å². The normalized spacial score (nSPS) is 16.3. The van der Waals surface area contributed by atoms with Crippen LogP contribution in [0.15, 0.2) is 41.5 Å². The number of fused-ring (bicyclic) bond motifs is 1. The van der Waals surface area contributed by atoms with E-state index in [4.69, 9.17) is 0 Å². The second-order valence-electron chi connectivity index (χ2n) is 8.59. The molecule has 1 aliphatic heterocycles. The van der Waals surface area contributed by atoms with Crippen LogP contribution < -0.4 is 10.9 Å². The number of hydrogen-bond acceptors (Lipinski definition) is 6. The Morgan fingerprint density at radius 3 is 2.59 bits per heavy atom. The fraction of sp³-hybridized carbons (Fsp3) is 0.458. The van der Waals surface area contributed by atoms with Crippen molar-refractivity contribution in [3.63, 3.8) is 0 Å². The molecule has 32 heavy (non-hydrogen) atoms. The van der Waals surface area contributed by atoms with Gasteiger partial charge >= 0.3 is 0 Å². The van der Waals surface area contributed by atoms with E-state index in [1.54, 1.807) is 10.9 Å². The van der Waals surface area contributed by atoms with Gasteiger partial charge in [-0.3, -0.25) is 19.1 Å². The van der Waals surface area contributed by atoms with Crippen LogP contribution in [-0.2, 0) is 11.3 Å². The average molecular weight is 454 g/mol. The third kappa shape index (κ3) is 5.09. The van der Waals surface area contributed by atoms with Crippen LogP contribution in [0.25, 0.3) is 10.2 Å². The fourth-order valence-electron chi connectivity index (χ4n) is 4.13. The van der Waals surface area contributed by atoms with E-state index in [1.807, 2.05) is 32.0 Å². The molecule has 8 heteroatoms. The Balaban J connectivity index is 1.43. The maximum Gasteiger partial charge on any atom is 0.262 e. The molecule has 7 nitrogen and oxygen atoms in total. The van der Waals surface area contributed by atoms with Crippen molar-refractivity contribution in [3.8, 4) is 0 Å². The number of nitrogens with one attached hydrogen (secondary N) is 1. The van der Waals surface area contributed by atoms with Gasteiger partial charge in [0, 0.05) is 50.6 Å². The standard InChI is InChI=1S/C24H31N5O2S/c1-17-18(2)32-23-22(17)24(31)29(16-25-23)10-9-21(30)26-20(19-7-5-4-6-8-19)15-28-13-11-27(3)12-14-28/h4-8,16,20H,9-15H2,1-3H3,(H,26,30). The van der Waals surface area contributed by atoms with Crippen LogP contribution in [0, 0.1) is 13.8 Å². The predicted octanol–water partition coefficient (Wildman–Crippen LogP) is 2.57. The van der Waals surface area contributed by atoms with Crippen molar-refractivity contribution in [2.24, 2.45) is 0 Å². The van der Waals surface area contributed by atoms with Crippen molar-refractivity contribution >= 4 is 27.5 Å². The van der Waals surface area contributed by atoms with Crippen LogP contribution in [0.3, 0.4) is 0 Å². The van der Waals surface area contributed by atoms with Gasteiger partial charge in [-0.1, -0.05) is 30.3 Å². The van der Waals surface area contributed by atoms with Crippen LogP contribution in [0.5, 0.6) is 0 Å². The molecule has 3 aromatic rings. The molecular formula is C24H31N5O2S. The molecule has 1 atom stereocenters. The van der Waals surface area contributed by atoms with Gasteiger partial charge in [-0.2, -0.15) is 0 Å². The molecule has 170 valence electrons. The molecule has 0 bridgehead atoms. The third-order valence-electron chi connectivity index (χ3n) is 6.31. The van der Waals surface area contributed by atoms with Crippen LogP contribution in [0.1, 0.15) is 28.5 Å². The van der Waals surface area contributed by atoms with Crippen molar-refractivity contribution in [1.82, 2.24) is 24.7 Å². The minimum absolute atomic E-state index is 0.0572. The molecule has 0 spiro atoms. The first-order valence-corrected chi connectivity index (χ1v) is 11.9. The van der Waals surface area contributed by atoms with Gasteiger partial charge in [0.05, 0.1) is 17.8 Å². The monoisotopic (exact) mass is 453 g/mol. The number of hydrogen-bond donors (Lipinski definition) is 1. The van der Waals surface area contributed by atoms with Crippen LogP contribution in [0.2, 0.25) is 0 Å². The Bertz CT molecular complexity index is 1130. The molecule has 3 heterocycles. The molecule has 1 aliphatic rings. The molecule has 1 saturated heterocycles. The minimum Gasteiger partial charge on any atom is -0.348 e. The average Bonchev–Trinajstić information content (AvgIpc) is 3.09. The summed E-state index contributed by atoms with van der Waals surface area (Å²) in [4.78, 5) is 36.8. The lowest BCUT2D eigenvalue weighted by atomic mass is 10.1. The number of amides is 1. The van der Waals surface area contributed by atoms with Gasteiger partial charge in [-0.15, -0.1) is 11.3 Å². The van der Waals surface area contributed by atoms with Gasteiger partial charge in [0.1, 0.15) is 4.83 Å². The summed E-state index contributed by atoms with van der Waals surface area (Å²) < 4.78 is 1.55. The van der Waals surface area contributed by atoms with E-state index in [-0.39, 0.29) is 23.9 Å². The van der Waals surface area contributed by atoms with Crippen molar-refractivity contribution in [2.45, 2.75) is 32.9 Å². The second kappa shape index (κ2) is 9.94. The lowest BCUT2D eigenvalue weighted by molar-refractivity contribution is -0.122. The first kappa shape index (κ1) is 22.6. The van der Waals surface area contributed by atoms with Crippen molar-refractivity contribution < 1.29 is 4.79 Å². The molecule has 1 amide bonds. The number of carbonyl (C=O) groups is 1. The summed E-state index contributed by atoms with van der Waals surface area (Å²) in [5.74, 6) is -0.0572. The van der Waals surface area contributed by atoms with E-state index >= 15 is 0 Å². The van der Waals surface area contributed by atoms with Crippen molar-refractivity contribution in [2.75, 3.05) is 39.8 Å². The van der Waals surface area contributed by atoms with Gasteiger partial charge in [0.15, 0.2) is 0 Å². The number of benzene rings is 1. The number of likely N-dealkylation sites (N-methyl/N-ethyl adjacent to an activating group) is 1. The summed E-state index contributed by atoms with van der Waals surface area (Å²) in [6, 6.07) is 10.0. The number of thiophene rings is 1. The maximum atomic E-state index is 12.9. The van der Waals surface area contributed by atoms with E-state index < -0.39 is 0 Å². The molecule has 1 aromatic carbocycles. The number of aromatic nitrogens is 2. The van der Waals surface area contributed by atoms with Gasteiger partial charge < -0.3 is 10.2 Å². The van der Waals surface area contributed by atoms with Crippen LogP contribution in [-0.4, -0.2) is 65.0 Å². The molecule has 4 rings (SSSR count). The lowest BCUT2D eigenvalue weighted by Gasteiger charge is -2.35. The zero-order valence-corrected chi connectivity index (χ0v) is 19.8. The molecular weight excluding hydrogens is 422 g/mol. The molecule has 2 aromatic heterocycles. The number of rotatable bonds is 7. The van der Waals surface area contributed by atoms with E-state index in [2.05, 4.69) is 39.3 Å². The fourth-order valence-corrected chi connectivity index (χ4v) is 5.11. The highest BCUT2D eigenvalue weighted by molar-refractivity contribution is 7.18. The van der Waals surface area contributed by atoms with E-state index in [1.165, 1.54) is 11.3 Å². The number of carbonyl (C=O) groups excluding carboxylic acids is 1. The molecule has 1 fully saturated rings. The lowest BCUT2D eigenvalue weighted by Crippen LogP contribution is -2.47. The number of piperazine rings is 1. The van der Waals surface area contributed by atoms with Gasteiger partial charge in [0.25, 0.3) is 5.56 Å². The molecule has 0 radical (unpaired) electrons. The Hall–Kier alpha value is -2.55. The van der Waals surface area contributed by atoms with Crippen LogP contribution >= 0.6 is 11.3 Å². The summed E-state index contributed by atoms with van der Waals surface area (Å²) in [6.07, 6.45) is 1.80. The van der Waals surface area contributed by atoms with E-state index in [0.29, 0.717) is 11.9 Å². The zero-order valence-electron chi connectivity index (χ0n) is 19.0. The highest BCUT2D eigenvalue weighted by atomic mass is 32.1. The van der Waals surface area contributed by atoms with Gasteiger partial charge in [0.2, 0.25) is 5.91 Å². The Morgan fingerprint density at radius 2 is 1.88 bits per heavy atom. The zero-order chi connectivity index (χ0) is 22.7. The summed E-state index contributed by atoms with van der Waals surface area (Å²) in [5, 5.41) is 3.88. The number of nitrogens with zero attached hydrogens (tertiary/aromatic N) is 4. The second-order valence-corrected chi connectivity index (χ2v) is 9.79. The third-order valence-corrected chi connectivity index (χ3v) is 7.42. The van der Waals surface area contributed by atoms with E-state index in [9.17, 15) is 9.59 Å². The summed E-state index contributed by atoms with van der Waals surface area (Å²) in [6.45, 7) is 9.12. The molecule has 1 unspecified atom stereocenters. The van der Waals surface area contributed by atoms with E-state index in [0.717, 1.165) is 53.6 Å². The Morgan fingerprint density at radius 1 is 1.16 bits per heavy atom. The molecule has 1 N–H and O–H groups in total. The van der Waals surface area contributed by atoms with Crippen molar-refractivity contribution in [3.05, 3.63) is 63.0 Å². The molecule has 0 aliphatic carbocycles. The maximum absolute atomic E-state index is 12.9. The quantitative estimate of drug-likeness (QED) is 0.595. The topological polar surface area (TPSA) is 70.5 Å². The Labute approximate surface area is 192 Å². The first-order chi connectivity index (χ1) is 15.4. The highest BCUT2D eigenvalue weighted by Gasteiger charge is 2.21. The Kier molecular flexibility index (Phi) is 7.03. The predicted molar refractivity (Wildman–Crippen MR) is 129 cm³/mol. The summed E-state index contributed by atoms with van der Waals surface area (Å²) in [7, 11) is 2.14.